The molecule has 0 aliphatic carbocycles. The van der Waals surface area contributed by atoms with E-state index in [4.69, 9.17) is 5.73 Å². The smallest absolute Gasteiger partial charge is 0.366 e. The number of nitrogens with two attached hydrogens (primary N) is 1. The van der Waals surface area contributed by atoms with Crippen molar-refractivity contribution in [3.63, 3.8) is 0 Å². The van der Waals surface area contributed by atoms with Crippen molar-refractivity contribution in [1.82, 2.24) is 14.8 Å². The Morgan fingerprint density at radius 2 is 1.71 bits per heavy atom. The highest BCUT2D eigenvalue weighted by atomic mass is 19.4. The highest BCUT2D eigenvalue weighted by Gasteiger charge is 2.39. The van der Waals surface area contributed by atoms with E-state index in [0.717, 1.165) is 17.5 Å². The highest BCUT2D eigenvalue weighted by Crippen LogP contribution is 2.36. The maximum atomic E-state index is 13.8. The quantitative estimate of drug-likeness (QED) is 0.416. The van der Waals surface area contributed by atoms with E-state index in [1.807, 2.05) is 31.2 Å². The molecule has 4 rings (SSSR count). The lowest BCUT2D eigenvalue weighted by Crippen LogP contribution is -2.19. The van der Waals surface area contributed by atoms with Gasteiger partial charge in [0.2, 0.25) is 5.91 Å². The maximum Gasteiger partial charge on any atom is 0.437 e. The van der Waals surface area contributed by atoms with Crippen molar-refractivity contribution in [3.05, 3.63) is 88.4 Å². The SMILES string of the molecule is CCc1ccc(Cn2nc(C(F)(F)F)c(NC(=O)c3cc(C(N)=O)c4ccccc4n3)c2C)cc1. The van der Waals surface area contributed by atoms with E-state index in [0.29, 0.717) is 10.9 Å². The zero-order valence-electron chi connectivity index (χ0n) is 19.0. The molecule has 4 aromatic rings. The Morgan fingerprint density at radius 1 is 1.06 bits per heavy atom. The summed E-state index contributed by atoms with van der Waals surface area (Å²) in [4.78, 5) is 29.1. The first kappa shape index (κ1) is 23.9. The molecule has 0 atom stereocenters. The van der Waals surface area contributed by atoms with E-state index in [2.05, 4.69) is 15.4 Å². The number of nitrogens with zero attached hydrogens (tertiary/aromatic N) is 3. The van der Waals surface area contributed by atoms with Crippen molar-refractivity contribution in [3.8, 4) is 0 Å². The van der Waals surface area contributed by atoms with Gasteiger partial charge < -0.3 is 11.1 Å². The van der Waals surface area contributed by atoms with Gasteiger partial charge >= 0.3 is 6.18 Å². The third-order valence-electron chi connectivity index (χ3n) is 5.69. The molecule has 0 radical (unpaired) electrons. The lowest BCUT2D eigenvalue weighted by molar-refractivity contribution is -0.140. The van der Waals surface area contributed by atoms with Crippen LogP contribution in [0.3, 0.4) is 0 Å². The first-order chi connectivity index (χ1) is 16.6. The Labute approximate surface area is 198 Å². The second kappa shape index (κ2) is 9.21. The van der Waals surface area contributed by atoms with E-state index in [1.54, 1.807) is 24.3 Å². The molecule has 35 heavy (non-hydrogen) atoms. The summed E-state index contributed by atoms with van der Waals surface area (Å²) in [6.07, 6.45) is -3.96. The molecule has 2 amide bonds. The molecule has 0 aliphatic heterocycles. The molecule has 7 nitrogen and oxygen atoms in total. The number of carbonyl (C=O) groups is 2. The standard InChI is InChI=1S/C25H22F3N5O2/c1-3-15-8-10-16(11-9-15)13-33-14(2)21(22(32-33)25(26,27)28)31-24(35)20-12-18(23(29)34)17-6-4-5-7-19(17)30-20/h4-12H,3,13H2,1-2H3,(H2,29,34)(H,31,35). The van der Waals surface area contributed by atoms with Crippen molar-refractivity contribution in [2.24, 2.45) is 5.73 Å². The Morgan fingerprint density at radius 3 is 2.34 bits per heavy atom. The summed E-state index contributed by atoms with van der Waals surface area (Å²) in [5.41, 5.74) is 5.86. The number of aryl methyl sites for hydroxylation is 1. The largest absolute Gasteiger partial charge is 0.437 e. The fourth-order valence-electron chi connectivity index (χ4n) is 3.77. The van der Waals surface area contributed by atoms with E-state index >= 15 is 0 Å². The number of fused-ring (bicyclic) bond motifs is 1. The van der Waals surface area contributed by atoms with Crippen molar-refractivity contribution in [2.75, 3.05) is 5.32 Å². The molecule has 10 heteroatoms. The molecular formula is C25H22F3N5O2. The van der Waals surface area contributed by atoms with Crippen LogP contribution in [0, 0.1) is 6.92 Å². The molecule has 0 bridgehead atoms. The van der Waals surface area contributed by atoms with Crippen molar-refractivity contribution in [1.29, 1.82) is 0 Å². The second-order valence-electron chi connectivity index (χ2n) is 8.03. The summed E-state index contributed by atoms with van der Waals surface area (Å²) in [6.45, 7) is 3.55. The number of aromatic nitrogens is 3. The van der Waals surface area contributed by atoms with Gasteiger partial charge in [0, 0.05) is 5.39 Å². The summed E-state index contributed by atoms with van der Waals surface area (Å²) in [5.74, 6) is -1.70. The topological polar surface area (TPSA) is 103 Å². The Balaban J connectivity index is 1.71. The van der Waals surface area contributed by atoms with E-state index < -0.39 is 29.4 Å². The minimum atomic E-state index is -4.81. The lowest BCUT2D eigenvalue weighted by Gasteiger charge is -2.10. The van der Waals surface area contributed by atoms with Crippen LogP contribution in [-0.2, 0) is 19.1 Å². The number of para-hydroxylation sites is 1. The van der Waals surface area contributed by atoms with Crippen LogP contribution in [0.1, 0.15) is 50.3 Å². The third-order valence-corrected chi connectivity index (χ3v) is 5.69. The second-order valence-corrected chi connectivity index (χ2v) is 8.03. The van der Waals surface area contributed by atoms with Crippen LogP contribution >= 0.6 is 0 Å². The van der Waals surface area contributed by atoms with Gasteiger partial charge in [-0.3, -0.25) is 14.3 Å². The lowest BCUT2D eigenvalue weighted by atomic mass is 10.1. The maximum absolute atomic E-state index is 13.8. The Bertz CT molecular complexity index is 1430. The highest BCUT2D eigenvalue weighted by molar-refractivity contribution is 6.10. The van der Waals surface area contributed by atoms with Crippen molar-refractivity contribution < 1.29 is 22.8 Å². The summed E-state index contributed by atoms with van der Waals surface area (Å²) in [6, 6.07) is 15.2. The fraction of sp³-hybridized carbons (Fsp3) is 0.200. The summed E-state index contributed by atoms with van der Waals surface area (Å²) < 4.78 is 42.6. The Hall–Kier alpha value is -4.21. The summed E-state index contributed by atoms with van der Waals surface area (Å²) in [5, 5.41) is 6.48. The van der Waals surface area contributed by atoms with Gasteiger partial charge in [-0.25, -0.2) is 4.98 Å². The van der Waals surface area contributed by atoms with Crippen LogP contribution in [0.5, 0.6) is 0 Å². The zero-order valence-corrected chi connectivity index (χ0v) is 19.0. The molecule has 0 aliphatic rings. The minimum Gasteiger partial charge on any atom is -0.366 e. The summed E-state index contributed by atoms with van der Waals surface area (Å²) >= 11 is 0. The van der Waals surface area contributed by atoms with E-state index in [1.165, 1.54) is 17.7 Å². The number of alkyl halides is 3. The minimum absolute atomic E-state index is 0.0414. The van der Waals surface area contributed by atoms with Gasteiger partial charge in [0.15, 0.2) is 5.69 Å². The normalized spacial score (nSPS) is 11.6. The molecule has 180 valence electrons. The number of pyridine rings is 1. The molecule has 0 unspecified atom stereocenters. The zero-order chi connectivity index (χ0) is 25.3. The number of benzene rings is 2. The first-order valence-corrected chi connectivity index (χ1v) is 10.8. The van der Waals surface area contributed by atoms with Gasteiger partial charge in [0.25, 0.3) is 5.91 Å². The number of hydrogen-bond donors (Lipinski definition) is 2. The average Bonchev–Trinajstić information content (AvgIpc) is 3.14. The average molecular weight is 481 g/mol. The molecule has 3 N–H and O–H groups in total. The number of anilines is 1. The van der Waals surface area contributed by atoms with Crippen LogP contribution in [0.2, 0.25) is 0 Å². The van der Waals surface area contributed by atoms with Crippen molar-refractivity contribution >= 4 is 28.4 Å². The number of amides is 2. The first-order valence-electron chi connectivity index (χ1n) is 10.8. The molecule has 2 aromatic carbocycles. The predicted octanol–water partition coefficient (Wildman–Crippen LogP) is 4.72. The van der Waals surface area contributed by atoms with Crippen LogP contribution in [0.4, 0.5) is 18.9 Å². The molecule has 0 spiro atoms. The Kier molecular flexibility index (Phi) is 6.29. The van der Waals surface area contributed by atoms with Crippen LogP contribution < -0.4 is 11.1 Å². The van der Waals surface area contributed by atoms with Crippen LogP contribution in [0.15, 0.2) is 54.6 Å². The number of hydrogen-bond acceptors (Lipinski definition) is 4. The van der Waals surface area contributed by atoms with Crippen molar-refractivity contribution in [2.45, 2.75) is 33.0 Å². The molecule has 2 aromatic heterocycles. The van der Waals surface area contributed by atoms with Crippen LogP contribution in [0.25, 0.3) is 10.9 Å². The number of rotatable bonds is 6. The molecular weight excluding hydrogens is 459 g/mol. The molecule has 0 fully saturated rings. The monoisotopic (exact) mass is 481 g/mol. The number of halogens is 3. The van der Waals surface area contributed by atoms with Gasteiger partial charge in [0.1, 0.15) is 5.69 Å². The van der Waals surface area contributed by atoms with E-state index in [-0.39, 0.29) is 23.5 Å². The number of carbonyl (C=O) groups excluding carboxylic acids is 2. The van der Waals surface area contributed by atoms with E-state index in [9.17, 15) is 22.8 Å². The van der Waals surface area contributed by atoms with Gasteiger partial charge in [0.05, 0.1) is 29.0 Å². The third kappa shape index (κ3) is 4.86. The van der Waals surface area contributed by atoms with Gasteiger partial charge in [-0.05, 0) is 36.6 Å². The molecule has 2 heterocycles. The summed E-state index contributed by atoms with van der Waals surface area (Å²) in [7, 11) is 0. The van der Waals surface area contributed by atoms with Gasteiger partial charge in [-0.2, -0.15) is 18.3 Å². The van der Waals surface area contributed by atoms with Gasteiger partial charge in [-0.1, -0.05) is 49.4 Å². The molecule has 0 saturated heterocycles. The fourth-order valence-corrected chi connectivity index (χ4v) is 3.77. The number of nitrogens with one attached hydrogen (secondary N) is 1. The van der Waals surface area contributed by atoms with Crippen LogP contribution in [-0.4, -0.2) is 26.6 Å². The predicted molar refractivity (Wildman–Crippen MR) is 125 cm³/mol. The molecule has 0 saturated carbocycles. The van der Waals surface area contributed by atoms with Gasteiger partial charge in [-0.15, -0.1) is 0 Å². The number of primary amides is 1.